The molecule has 2 aliphatic rings. The lowest BCUT2D eigenvalue weighted by Gasteiger charge is -2.26. The summed E-state index contributed by atoms with van der Waals surface area (Å²) < 4.78 is 13.9. The molecule has 5 nitrogen and oxygen atoms in total. The van der Waals surface area contributed by atoms with E-state index in [2.05, 4.69) is 38.8 Å². The standard InChI is InChI=1S/C22H26N3O2S/c1-3-21-19-13-17(27-10-2-6-24-8-11-26-12-9-24)4-5-18(19)20(15-25(21)7-1)22-14-23-16-28-22/h4-5,13-16H,1-3,6-12H2/q+1. The molecule has 0 bridgehead atoms. The number of hydrogen-bond donors (Lipinski definition) is 0. The highest BCUT2D eigenvalue weighted by Crippen LogP contribution is 2.34. The van der Waals surface area contributed by atoms with Crippen LogP contribution in [0.5, 0.6) is 5.75 Å². The molecule has 4 heterocycles. The van der Waals surface area contributed by atoms with Gasteiger partial charge in [-0.1, -0.05) is 0 Å². The Labute approximate surface area is 169 Å². The zero-order valence-electron chi connectivity index (χ0n) is 16.1. The molecule has 3 aromatic rings. The monoisotopic (exact) mass is 396 g/mol. The molecule has 6 heteroatoms. The van der Waals surface area contributed by atoms with Gasteiger partial charge in [0.1, 0.15) is 12.3 Å². The van der Waals surface area contributed by atoms with Gasteiger partial charge < -0.3 is 9.47 Å². The van der Waals surface area contributed by atoms with Crippen molar-refractivity contribution in [2.24, 2.45) is 0 Å². The fourth-order valence-corrected chi connectivity index (χ4v) is 4.93. The number of ether oxygens (including phenoxy) is 2. The van der Waals surface area contributed by atoms with Gasteiger partial charge in [0.2, 0.25) is 0 Å². The SMILES string of the molecule is c1ncc(-c2c[n+]3c(c4cc(OCCCN5CCOCC5)ccc24)CCC3)s1. The van der Waals surface area contributed by atoms with E-state index in [1.807, 2.05) is 11.7 Å². The molecule has 1 aromatic carbocycles. The number of aryl methyl sites for hydroxylation is 2. The third-order valence-corrected chi connectivity index (χ3v) is 6.53. The second kappa shape index (κ2) is 8.15. The van der Waals surface area contributed by atoms with Crippen molar-refractivity contribution in [2.75, 3.05) is 39.5 Å². The van der Waals surface area contributed by atoms with E-state index in [9.17, 15) is 0 Å². The smallest absolute Gasteiger partial charge is 0.189 e. The van der Waals surface area contributed by atoms with E-state index in [4.69, 9.17) is 9.47 Å². The maximum atomic E-state index is 6.12. The van der Waals surface area contributed by atoms with E-state index in [1.54, 1.807) is 11.3 Å². The Bertz CT molecular complexity index is 952. The molecule has 0 unspecified atom stereocenters. The quantitative estimate of drug-likeness (QED) is 0.473. The Morgan fingerprint density at radius 1 is 1.21 bits per heavy atom. The zero-order valence-corrected chi connectivity index (χ0v) is 16.9. The average Bonchev–Trinajstić information content (AvgIpc) is 3.43. The van der Waals surface area contributed by atoms with Crippen LogP contribution in [0.15, 0.2) is 36.1 Å². The van der Waals surface area contributed by atoms with Crippen LogP contribution in [0.2, 0.25) is 0 Å². The summed E-state index contributed by atoms with van der Waals surface area (Å²) in [4.78, 5) is 7.96. The lowest BCUT2D eigenvalue weighted by Crippen LogP contribution is -2.37. The van der Waals surface area contributed by atoms with Crippen LogP contribution >= 0.6 is 11.3 Å². The number of pyridine rings is 1. The summed E-state index contributed by atoms with van der Waals surface area (Å²) >= 11 is 1.70. The van der Waals surface area contributed by atoms with Gasteiger partial charge in [-0.3, -0.25) is 9.88 Å². The lowest BCUT2D eigenvalue weighted by atomic mass is 10.0. The average molecular weight is 397 g/mol. The first kappa shape index (κ1) is 18.0. The van der Waals surface area contributed by atoms with Crippen molar-refractivity contribution < 1.29 is 14.0 Å². The molecular formula is C22H26N3O2S+. The molecule has 0 atom stereocenters. The number of aromatic nitrogens is 2. The highest BCUT2D eigenvalue weighted by atomic mass is 32.1. The molecule has 1 saturated heterocycles. The number of fused-ring (bicyclic) bond motifs is 3. The van der Waals surface area contributed by atoms with E-state index in [0.717, 1.165) is 64.6 Å². The Morgan fingerprint density at radius 2 is 2.14 bits per heavy atom. The van der Waals surface area contributed by atoms with E-state index >= 15 is 0 Å². The summed E-state index contributed by atoms with van der Waals surface area (Å²) in [6, 6.07) is 6.58. The van der Waals surface area contributed by atoms with Crippen molar-refractivity contribution in [1.82, 2.24) is 9.88 Å². The Morgan fingerprint density at radius 3 is 3.00 bits per heavy atom. The minimum Gasteiger partial charge on any atom is -0.494 e. The van der Waals surface area contributed by atoms with Crippen LogP contribution in [0.3, 0.4) is 0 Å². The van der Waals surface area contributed by atoms with Crippen LogP contribution < -0.4 is 9.30 Å². The first-order valence-corrected chi connectivity index (χ1v) is 11.1. The van der Waals surface area contributed by atoms with Crippen LogP contribution in [-0.2, 0) is 17.7 Å². The number of morpholine rings is 1. The first-order valence-electron chi connectivity index (χ1n) is 10.2. The molecule has 0 amide bonds. The van der Waals surface area contributed by atoms with Crippen molar-refractivity contribution in [1.29, 1.82) is 0 Å². The van der Waals surface area contributed by atoms with Crippen LogP contribution in [0.1, 0.15) is 18.5 Å². The van der Waals surface area contributed by atoms with Crippen LogP contribution in [0.25, 0.3) is 21.2 Å². The highest BCUT2D eigenvalue weighted by Gasteiger charge is 2.25. The van der Waals surface area contributed by atoms with Crippen molar-refractivity contribution in [3.05, 3.63) is 41.8 Å². The van der Waals surface area contributed by atoms with Gasteiger partial charge in [-0.05, 0) is 24.6 Å². The number of hydrogen-bond acceptors (Lipinski definition) is 5. The van der Waals surface area contributed by atoms with Gasteiger partial charge in [0, 0.05) is 44.1 Å². The molecule has 0 radical (unpaired) electrons. The summed E-state index contributed by atoms with van der Waals surface area (Å²) in [5.74, 6) is 0.977. The van der Waals surface area contributed by atoms with E-state index in [0.29, 0.717) is 0 Å². The van der Waals surface area contributed by atoms with Gasteiger partial charge in [0.25, 0.3) is 0 Å². The van der Waals surface area contributed by atoms with E-state index in [-0.39, 0.29) is 0 Å². The van der Waals surface area contributed by atoms with Crippen molar-refractivity contribution in [3.63, 3.8) is 0 Å². The lowest BCUT2D eigenvalue weighted by molar-refractivity contribution is -0.688. The third-order valence-electron chi connectivity index (χ3n) is 5.73. The summed E-state index contributed by atoms with van der Waals surface area (Å²) in [7, 11) is 0. The minimum absolute atomic E-state index is 0.757. The predicted octanol–water partition coefficient (Wildman–Crippen LogP) is 3.30. The minimum atomic E-state index is 0.757. The van der Waals surface area contributed by atoms with Crippen molar-refractivity contribution in [3.8, 4) is 16.2 Å². The number of nitrogens with zero attached hydrogens (tertiary/aromatic N) is 3. The first-order chi connectivity index (χ1) is 13.9. The van der Waals surface area contributed by atoms with Crippen molar-refractivity contribution in [2.45, 2.75) is 25.8 Å². The Kier molecular flexibility index (Phi) is 5.25. The molecule has 2 aliphatic heterocycles. The Hall–Kier alpha value is -2.02. The third kappa shape index (κ3) is 3.64. The summed E-state index contributed by atoms with van der Waals surface area (Å²) in [6.07, 6.45) is 7.68. The highest BCUT2D eigenvalue weighted by molar-refractivity contribution is 7.13. The largest absolute Gasteiger partial charge is 0.494 e. The zero-order chi connectivity index (χ0) is 18.8. The van der Waals surface area contributed by atoms with E-state index < -0.39 is 0 Å². The topological polar surface area (TPSA) is 38.5 Å². The molecule has 0 N–H and O–H groups in total. The maximum absolute atomic E-state index is 6.12. The molecule has 5 rings (SSSR count). The summed E-state index contributed by atoms with van der Waals surface area (Å²) in [5, 5.41) is 2.63. The van der Waals surface area contributed by atoms with Crippen LogP contribution in [0.4, 0.5) is 0 Å². The van der Waals surface area contributed by atoms with Gasteiger partial charge in [0.15, 0.2) is 11.9 Å². The summed E-state index contributed by atoms with van der Waals surface area (Å²) in [5.41, 5.74) is 4.62. The molecule has 146 valence electrons. The number of rotatable bonds is 6. The molecule has 0 aliphatic carbocycles. The molecule has 1 fully saturated rings. The maximum Gasteiger partial charge on any atom is 0.189 e. The Balaban J connectivity index is 1.35. The fourth-order valence-electron chi connectivity index (χ4n) is 4.29. The predicted molar refractivity (Wildman–Crippen MR) is 111 cm³/mol. The molecule has 0 spiro atoms. The van der Waals surface area contributed by atoms with Gasteiger partial charge in [0.05, 0.1) is 41.2 Å². The second-order valence-corrected chi connectivity index (χ2v) is 8.40. The second-order valence-electron chi connectivity index (χ2n) is 7.52. The molecular weight excluding hydrogens is 370 g/mol. The van der Waals surface area contributed by atoms with E-state index in [1.165, 1.54) is 33.3 Å². The van der Waals surface area contributed by atoms with Crippen LogP contribution in [0, 0.1) is 0 Å². The molecule has 2 aromatic heterocycles. The summed E-state index contributed by atoms with van der Waals surface area (Å²) in [6.45, 7) is 6.73. The van der Waals surface area contributed by atoms with Crippen LogP contribution in [-0.4, -0.2) is 49.3 Å². The fraction of sp³-hybridized carbons (Fsp3) is 0.455. The van der Waals surface area contributed by atoms with Gasteiger partial charge in [-0.2, -0.15) is 0 Å². The van der Waals surface area contributed by atoms with Crippen molar-refractivity contribution >= 4 is 22.1 Å². The molecule has 28 heavy (non-hydrogen) atoms. The van der Waals surface area contributed by atoms with Gasteiger partial charge in [-0.25, -0.2) is 4.57 Å². The number of thiazole rings is 1. The van der Waals surface area contributed by atoms with Gasteiger partial charge in [-0.15, -0.1) is 11.3 Å². The normalized spacial score (nSPS) is 17.1. The van der Waals surface area contributed by atoms with Gasteiger partial charge >= 0.3 is 0 Å². The number of benzene rings is 1. The molecule has 0 saturated carbocycles.